The summed E-state index contributed by atoms with van der Waals surface area (Å²) >= 11 is 3.31. The monoisotopic (exact) mass is 1090 g/mol. The molecule has 2 saturated carbocycles. The molecule has 14 nitrogen and oxygen atoms in total. The molecule has 424 valence electrons. The Bertz CT molecular complexity index is 2030. The van der Waals surface area contributed by atoms with Crippen molar-refractivity contribution in [1.29, 1.82) is 0 Å². The number of thioether (sulfide) groups is 2. The SMILES string of the molecule is CCOC(=O)C1=C[C@@H](OC(CC)CC)[C@H](C)[C@@H](N)C1.CCOC(=O)[C@@H]1C[C@H](N)[C@@H](C)[C@H](OC(CC)CC)[C@@H]1Sc1ccc(C)cc1.CCOC(=O)[C@@H]1C[C@H]([N+](=O)[O-])[C@@H](C)[C@H](OC(CC)CC)[C@@H]1Sc1ccc(C)cc1. The smallest absolute Gasteiger partial charge is 0.333 e. The molecule has 0 aliphatic heterocycles. The molecule has 3 aliphatic carbocycles. The zero-order valence-electron chi connectivity index (χ0n) is 47.8. The summed E-state index contributed by atoms with van der Waals surface area (Å²) in [7, 11) is 0. The Hall–Kier alpha value is -3.51. The highest BCUT2D eigenvalue weighted by atomic mass is 32.2. The number of hydrogen-bond donors (Lipinski definition) is 2. The number of esters is 3. The number of rotatable bonds is 23. The molecule has 0 unspecified atom stereocenters. The molecule has 13 atom stereocenters. The maximum atomic E-state index is 12.8. The zero-order chi connectivity index (χ0) is 55.9. The van der Waals surface area contributed by atoms with E-state index in [1.807, 2.05) is 58.0 Å². The minimum Gasteiger partial charge on any atom is -0.466 e. The van der Waals surface area contributed by atoms with Crippen molar-refractivity contribution in [2.45, 2.75) is 230 Å². The lowest BCUT2D eigenvalue weighted by Gasteiger charge is -2.44. The minimum absolute atomic E-state index is 0.00200. The second kappa shape index (κ2) is 33.7. The molecule has 0 aromatic heterocycles. The van der Waals surface area contributed by atoms with E-state index in [0.717, 1.165) is 53.9 Å². The normalized spacial score (nSPS) is 27.6. The third kappa shape index (κ3) is 19.7. The summed E-state index contributed by atoms with van der Waals surface area (Å²) in [6.07, 6.45) is 8.68. The first-order chi connectivity index (χ1) is 35.7. The fraction of sp³-hybridized carbons (Fsp3) is 0.712. The fourth-order valence-corrected chi connectivity index (χ4v) is 12.9. The summed E-state index contributed by atoms with van der Waals surface area (Å²) in [5.41, 5.74) is 15.6. The van der Waals surface area contributed by atoms with Gasteiger partial charge in [-0.3, -0.25) is 19.7 Å². The van der Waals surface area contributed by atoms with Crippen LogP contribution in [0.2, 0.25) is 0 Å². The second-order valence-corrected chi connectivity index (χ2v) is 23.0. The molecule has 5 rings (SSSR count). The van der Waals surface area contributed by atoms with Crippen LogP contribution in [0.3, 0.4) is 0 Å². The number of aryl methyl sites for hydroxylation is 2. The summed E-state index contributed by atoms with van der Waals surface area (Å²) in [6.45, 7) is 29.3. The maximum Gasteiger partial charge on any atom is 0.333 e. The minimum atomic E-state index is -0.821. The van der Waals surface area contributed by atoms with Crippen LogP contribution >= 0.6 is 23.5 Å². The van der Waals surface area contributed by atoms with Gasteiger partial charge in [0.15, 0.2) is 0 Å². The van der Waals surface area contributed by atoms with Gasteiger partial charge in [0.05, 0.1) is 74.2 Å². The Morgan fingerprint density at radius 1 is 0.587 bits per heavy atom. The van der Waals surface area contributed by atoms with E-state index in [1.54, 1.807) is 30.4 Å². The van der Waals surface area contributed by atoms with E-state index < -0.39 is 18.1 Å². The van der Waals surface area contributed by atoms with Crippen molar-refractivity contribution in [3.63, 3.8) is 0 Å². The summed E-state index contributed by atoms with van der Waals surface area (Å²) in [5.74, 6) is -1.48. The average Bonchev–Trinajstić information content (AvgIpc) is 3.39. The number of carbonyl (C=O) groups excluding carboxylic acids is 3. The van der Waals surface area contributed by atoms with Gasteiger partial charge in [-0.15, -0.1) is 23.5 Å². The summed E-state index contributed by atoms with van der Waals surface area (Å²) in [4.78, 5) is 51.0. The Morgan fingerprint density at radius 2 is 0.987 bits per heavy atom. The van der Waals surface area contributed by atoms with Crippen LogP contribution in [-0.2, 0) is 42.8 Å². The number of carbonyl (C=O) groups is 3. The molecule has 2 fully saturated rings. The predicted molar refractivity (Wildman–Crippen MR) is 302 cm³/mol. The van der Waals surface area contributed by atoms with E-state index in [1.165, 1.54) is 5.56 Å². The van der Waals surface area contributed by atoms with E-state index >= 15 is 0 Å². The molecule has 2 aromatic rings. The largest absolute Gasteiger partial charge is 0.466 e. The Balaban J connectivity index is 0.000000303. The van der Waals surface area contributed by atoms with Gasteiger partial charge in [0.1, 0.15) is 0 Å². The lowest BCUT2D eigenvalue weighted by molar-refractivity contribution is -0.539. The lowest BCUT2D eigenvalue weighted by Crippen LogP contribution is -2.55. The van der Waals surface area contributed by atoms with E-state index in [0.29, 0.717) is 31.6 Å². The van der Waals surface area contributed by atoms with Crippen molar-refractivity contribution in [1.82, 2.24) is 0 Å². The van der Waals surface area contributed by atoms with Crippen LogP contribution in [0.4, 0.5) is 0 Å². The first kappa shape index (κ1) is 65.8. The van der Waals surface area contributed by atoms with Crippen molar-refractivity contribution in [2.75, 3.05) is 19.8 Å². The third-order valence-corrected chi connectivity index (χ3v) is 18.0. The van der Waals surface area contributed by atoms with Crippen LogP contribution in [-0.4, -0.2) is 108 Å². The summed E-state index contributed by atoms with van der Waals surface area (Å²) in [6, 6.07) is 15.6. The highest BCUT2D eigenvalue weighted by molar-refractivity contribution is 8.00. The van der Waals surface area contributed by atoms with Crippen molar-refractivity contribution in [3.05, 3.63) is 81.4 Å². The van der Waals surface area contributed by atoms with Crippen molar-refractivity contribution < 1.29 is 47.7 Å². The van der Waals surface area contributed by atoms with Gasteiger partial charge in [-0.1, -0.05) is 97.7 Å². The zero-order valence-corrected chi connectivity index (χ0v) is 49.5. The molecule has 4 N–H and O–H groups in total. The quantitative estimate of drug-likeness (QED) is 0.0460. The molecule has 0 heterocycles. The topological polar surface area (TPSA) is 202 Å². The number of benzene rings is 2. The number of ether oxygens (including phenoxy) is 6. The summed E-state index contributed by atoms with van der Waals surface area (Å²) < 4.78 is 34.8. The molecule has 0 spiro atoms. The van der Waals surface area contributed by atoms with Crippen LogP contribution in [0.1, 0.15) is 152 Å². The average molecular weight is 1090 g/mol. The van der Waals surface area contributed by atoms with E-state index in [2.05, 4.69) is 86.6 Å². The van der Waals surface area contributed by atoms with Crippen LogP contribution in [0, 0.1) is 53.6 Å². The molecule has 0 amide bonds. The maximum absolute atomic E-state index is 12.8. The van der Waals surface area contributed by atoms with E-state index in [4.69, 9.17) is 39.9 Å². The van der Waals surface area contributed by atoms with Crippen LogP contribution in [0.25, 0.3) is 0 Å². The van der Waals surface area contributed by atoms with Crippen LogP contribution in [0.5, 0.6) is 0 Å². The third-order valence-electron chi connectivity index (χ3n) is 15.1. The standard InChI is InChI=1S/C22H33NO5S.C22H35NO3S.C15H27NO3/c1-6-16(7-2)28-20-15(5)19(23(25)26)13-18(22(24)27-8-3)21(20)29-17-11-9-14(4)10-12-17;1-6-16(7-2)26-20-15(5)19(23)13-18(22(24)25-8-3)21(20)27-17-11-9-14(4)10-12-17;1-5-12(6-2)19-14-9-11(15(17)18-7-3)8-13(16)10(14)4/h9-12,15-16,18-21H,6-8,13H2,1-5H3;9-12,15-16,18-21H,6-8,13,23H2,1-5H3;9-10,12-14H,5-8,16H2,1-4H3/t2*15-,18-,19+,20+,21-;10-,13+,14-/m111/s1. The molecule has 2 aromatic carbocycles. The number of nitrogens with two attached hydrogens (primary N) is 2. The first-order valence-electron chi connectivity index (χ1n) is 28.0. The first-order valence-corrected chi connectivity index (χ1v) is 29.8. The van der Waals surface area contributed by atoms with Crippen molar-refractivity contribution >= 4 is 41.4 Å². The predicted octanol–water partition coefficient (Wildman–Crippen LogP) is 11.9. The van der Waals surface area contributed by atoms with Gasteiger partial charge < -0.3 is 39.9 Å². The van der Waals surface area contributed by atoms with Gasteiger partial charge in [0.25, 0.3) is 0 Å². The number of nitro groups is 1. The van der Waals surface area contributed by atoms with Crippen molar-refractivity contribution in [2.24, 2.45) is 41.1 Å². The molecule has 3 aliphatic rings. The van der Waals surface area contributed by atoms with Gasteiger partial charge in [-0.05, 0) is 122 Å². The van der Waals surface area contributed by atoms with E-state index in [9.17, 15) is 24.5 Å². The van der Waals surface area contributed by atoms with Gasteiger partial charge in [0, 0.05) is 55.2 Å². The van der Waals surface area contributed by atoms with Gasteiger partial charge in [0.2, 0.25) is 6.04 Å². The number of nitrogens with zero attached hydrogens (tertiary/aromatic N) is 1. The highest BCUT2D eigenvalue weighted by Gasteiger charge is 2.53. The molecule has 75 heavy (non-hydrogen) atoms. The fourth-order valence-electron chi connectivity index (χ4n) is 10.0. The molecule has 0 bridgehead atoms. The molecule has 0 radical (unpaired) electrons. The Kier molecular flexibility index (Phi) is 29.6. The summed E-state index contributed by atoms with van der Waals surface area (Å²) in [5, 5.41) is 11.5. The van der Waals surface area contributed by atoms with Gasteiger partial charge >= 0.3 is 17.9 Å². The molecule has 16 heteroatoms. The Morgan fingerprint density at radius 3 is 1.39 bits per heavy atom. The van der Waals surface area contributed by atoms with Crippen LogP contribution < -0.4 is 11.5 Å². The van der Waals surface area contributed by atoms with Crippen LogP contribution in [0.15, 0.2) is 70.0 Å². The lowest BCUT2D eigenvalue weighted by atomic mass is 9.76. The number of hydrogen-bond acceptors (Lipinski definition) is 15. The highest BCUT2D eigenvalue weighted by Crippen LogP contribution is 2.45. The van der Waals surface area contributed by atoms with Gasteiger partial charge in [-0.2, -0.15) is 0 Å². The second-order valence-electron chi connectivity index (χ2n) is 20.5. The molecular weight excluding hydrogens is 991 g/mol. The van der Waals surface area contributed by atoms with E-state index in [-0.39, 0.29) is 113 Å². The Labute approximate surface area is 459 Å². The molecule has 0 saturated heterocycles. The van der Waals surface area contributed by atoms with Gasteiger partial charge in [-0.25, -0.2) is 4.79 Å². The van der Waals surface area contributed by atoms with Crippen molar-refractivity contribution in [3.8, 4) is 0 Å². The molecular formula is C59H95N3O11S2.